The van der Waals surface area contributed by atoms with Crippen molar-refractivity contribution in [3.8, 4) is 10.4 Å². The van der Waals surface area contributed by atoms with Crippen molar-refractivity contribution in [3.05, 3.63) is 29.5 Å². The van der Waals surface area contributed by atoms with E-state index in [4.69, 9.17) is 4.98 Å². The molecule has 0 radical (unpaired) electrons. The van der Waals surface area contributed by atoms with Crippen LogP contribution in [0.4, 0.5) is 5.13 Å². The van der Waals surface area contributed by atoms with Crippen molar-refractivity contribution in [2.45, 2.75) is 94.7 Å². The number of aliphatic hydroxyl groups is 1. The minimum absolute atomic E-state index is 0.215. The molecule has 1 aromatic heterocycles. The van der Waals surface area contributed by atoms with Gasteiger partial charge in [-0.1, -0.05) is 42.7 Å². The predicted octanol–water partition coefficient (Wildman–Crippen LogP) is 4.75. The summed E-state index contributed by atoms with van der Waals surface area (Å²) in [6.45, 7) is 3.80. The fourth-order valence-electron chi connectivity index (χ4n) is 4.73. The molecule has 1 aromatic carbocycles. The molecule has 0 spiro atoms. The number of thiazole rings is 1. The van der Waals surface area contributed by atoms with E-state index < -0.39 is 16.1 Å². The van der Waals surface area contributed by atoms with E-state index in [1.54, 1.807) is 17.4 Å². The van der Waals surface area contributed by atoms with Gasteiger partial charge in [0.15, 0.2) is 5.13 Å². The number of nitrogens with zero attached hydrogens (tertiary/aromatic N) is 1. The number of sulfonamides is 1. The molecule has 31 heavy (non-hydrogen) atoms. The van der Waals surface area contributed by atoms with Crippen LogP contribution in [0.2, 0.25) is 0 Å². The van der Waals surface area contributed by atoms with Gasteiger partial charge in [-0.2, -0.15) is 0 Å². The maximum absolute atomic E-state index is 13.1. The Balaban J connectivity index is 1.56. The molecule has 2 aliphatic rings. The highest BCUT2D eigenvalue weighted by atomic mass is 32.2. The fraction of sp³-hybridized carbons (Fsp3) is 0.609. The summed E-state index contributed by atoms with van der Waals surface area (Å²) < 4.78 is 29.1. The molecule has 3 N–H and O–H groups in total. The van der Waals surface area contributed by atoms with Crippen molar-refractivity contribution in [3.63, 3.8) is 0 Å². The highest BCUT2D eigenvalue weighted by Gasteiger charge is 2.27. The zero-order chi connectivity index (χ0) is 22.0. The van der Waals surface area contributed by atoms with E-state index in [1.165, 1.54) is 32.1 Å². The molecule has 0 bridgehead atoms. The molecule has 2 saturated carbocycles. The first-order valence-electron chi connectivity index (χ1n) is 11.4. The Morgan fingerprint density at radius 3 is 2.52 bits per heavy atom. The Morgan fingerprint density at radius 1 is 1.03 bits per heavy atom. The summed E-state index contributed by atoms with van der Waals surface area (Å²) in [7, 11) is -3.67. The summed E-state index contributed by atoms with van der Waals surface area (Å²) in [5.41, 5.74) is 2.51. The average molecular weight is 464 g/mol. The largest absolute Gasteiger partial charge is 0.393 e. The monoisotopic (exact) mass is 463 g/mol. The molecular weight excluding hydrogens is 430 g/mol. The maximum Gasteiger partial charge on any atom is 0.241 e. The Morgan fingerprint density at radius 2 is 1.77 bits per heavy atom. The van der Waals surface area contributed by atoms with Crippen molar-refractivity contribution < 1.29 is 13.5 Å². The maximum atomic E-state index is 13.1. The van der Waals surface area contributed by atoms with Crippen LogP contribution in [-0.2, 0) is 10.0 Å². The molecule has 2 aromatic rings. The van der Waals surface area contributed by atoms with E-state index in [-0.39, 0.29) is 6.04 Å². The first-order chi connectivity index (χ1) is 14.8. The molecule has 2 fully saturated rings. The Labute approximate surface area is 189 Å². The lowest BCUT2D eigenvalue weighted by Crippen LogP contribution is -2.39. The van der Waals surface area contributed by atoms with Gasteiger partial charge in [-0.3, -0.25) is 0 Å². The molecule has 2 unspecified atom stereocenters. The van der Waals surface area contributed by atoms with Gasteiger partial charge in [-0.15, -0.1) is 0 Å². The minimum atomic E-state index is -3.67. The summed E-state index contributed by atoms with van der Waals surface area (Å²) in [5.74, 6) is 0. The number of nitrogens with one attached hydrogen (secondary N) is 2. The van der Waals surface area contributed by atoms with Crippen molar-refractivity contribution in [2.24, 2.45) is 0 Å². The highest BCUT2D eigenvalue weighted by Crippen LogP contribution is 2.36. The molecule has 0 saturated heterocycles. The van der Waals surface area contributed by atoms with Crippen LogP contribution in [0, 0.1) is 13.8 Å². The van der Waals surface area contributed by atoms with Crippen LogP contribution in [0.3, 0.4) is 0 Å². The molecule has 170 valence electrons. The number of benzene rings is 1. The molecule has 8 heteroatoms. The molecule has 2 atom stereocenters. The third-order valence-electron chi connectivity index (χ3n) is 6.44. The number of aliphatic hydroxyl groups excluding tert-OH is 1. The van der Waals surface area contributed by atoms with E-state index in [1.807, 2.05) is 26.0 Å². The van der Waals surface area contributed by atoms with Gasteiger partial charge in [-0.05, 0) is 69.6 Å². The van der Waals surface area contributed by atoms with Gasteiger partial charge >= 0.3 is 0 Å². The molecule has 6 nitrogen and oxygen atoms in total. The normalized spacial score (nSPS) is 23.1. The second-order valence-corrected chi connectivity index (χ2v) is 11.7. The number of hydrogen-bond acceptors (Lipinski definition) is 6. The third kappa shape index (κ3) is 5.48. The van der Waals surface area contributed by atoms with E-state index in [0.29, 0.717) is 17.4 Å². The van der Waals surface area contributed by atoms with E-state index >= 15 is 0 Å². The Hall–Kier alpha value is -1.48. The second kappa shape index (κ2) is 9.57. The van der Waals surface area contributed by atoms with Crippen LogP contribution >= 0.6 is 11.3 Å². The SMILES string of the molecule is Cc1ccc(-c2sc(NC3CCCCC3)nc2C)cc1S(=O)(=O)NC1CCCC(O)C1. The molecule has 0 aliphatic heterocycles. The zero-order valence-corrected chi connectivity index (χ0v) is 20.0. The molecule has 1 heterocycles. The van der Waals surface area contributed by atoms with Crippen molar-refractivity contribution in [1.29, 1.82) is 0 Å². The summed E-state index contributed by atoms with van der Waals surface area (Å²) >= 11 is 1.60. The van der Waals surface area contributed by atoms with Gasteiger partial charge in [-0.25, -0.2) is 18.1 Å². The summed E-state index contributed by atoms with van der Waals surface area (Å²) in [4.78, 5) is 6.02. The van der Waals surface area contributed by atoms with Gasteiger partial charge in [0.05, 0.1) is 21.6 Å². The van der Waals surface area contributed by atoms with Gasteiger partial charge in [0, 0.05) is 12.1 Å². The third-order valence-corrected chi connectivity index (χ3v) is 9.24. The lowest BCUT2D eigenvalue weighted by Gasteiger charge is -2.26. The quantitative estimate of drug-likeness (QED) is 0.575. The number of anilines is 1. The van der Waals surface area contributed by atoms with E-state index in [0.717, 1.165) is 46.1 Å². The van der Waals surface area contributed by atoms with E-state index in [9.17, 15) is 13.5 Å². The zero-order valence-electron chi connectivity index (χ0n) is 18.4. The van der Waals surface area contributed by atoms with Gasteiger partial charge in [0.25, 0.3) is 0 Å². The van der Waals surface area contributed by atoms with Crippen LogP contribution < -0.4 is 10.0 Å². The molecule has 2 aliphatic carbocycles. The van der Waals surface area contributed by atoms with Gasteiger partial charge in [0.1, 0.15) is 0 Å². The summed E-state index contributed by atoms with van der Waals surface area (Å²) in [6, 6.07) is 5.88. The topological polar surface area (TPSA) is 91.3 Å². The van der Waals surface area contributed by atoms with Crippen LogP contribution in [0.25, 0.3) is 10.4 Å². The second-order valence-electron chi connectivity index (χ2n) is 9.03. The summed E-state index contributed by atoms with van der Waals surface area (Å²) in [6.07, 6.45) is 8.60. The average Bonchev–Trinajstić information content (AvgIpc) is 3.08. The van der Waals surface area contributed by atoms with Crippen molar-refractivity contribution in [2.75, 3.05) is 5.32 Å². The van der Waals surface area contributed by atoms with Crippen molar-refractivity contribution in [1.82, 2.24) is 9.71 Å². The highest BCUT2D eigenvalue weighted by molar-refractivity contribution is 7.89. The molecular formula is C23H33N3O3S2. The minimum Gasteiger partial charge on any atom is -0.393 e. The van der Waals surface area contributed by atoms with Crippen LogP contribution in [0.5, 0.6) is 0 Å². The molecule has 0 amide bonds. The Kier molecular flexibility index (Phi) is 7.01. The number of aryl methyl sites for hydroxylation is 2. The number of hydrogen-bond donors (Lipinski definition) is 3. The predicted molar refractivity (Wildman–Crippen MR) is 126 cm³/mol. The number of aromatic nitrogens is 1. The smallest absolute Gasteiger partial charge is 0.241 e. The summed E-state index contributed by atoms with van der Waals surface area (Å²) in [5, 5.41) is 14.4. The lowest BCUT2D eigenvalue weighted by atomic mass is 9.94. The lowest BCUT2D eigenvalue weighted by molar-refractivity contribution is 0.117. The first kappa shape index (κ1) is 22.7. The number of rotatable bonds is 6. The van der Waals surface area contributed by atoms with E-state index in [2.05, 4.69) is 10.0 Å². The standard InChI is InChI=1S/C23H33N3O3S2/c1-15-11-12-17(13-21(15)31(28,29)26-19-9-6-10-20(27)14-19)22-16(2)24-23(30-22)25-18-7-4-3-5-8-18/h11-13,18-20,26-27H,3-10,14H2,1-2H3,(H,24,25). The fourth-order valence-corrected chi connectivity index (χ4v) is 7.33. The van der Waals surface area contributed by atoms with Crippen LogP contribution in [0.15, 0.2) is 23.1 Å². The van der Waals surface area contributed by atoms with Crippen LogP contribution in [-0.4, -0.2) is 36.7 Å². The van der Waals surface area contributed by atoms with Crippen molar-refractivity contribution >= 4 is 26.5 Å². The van der Waals surface area contributed by atoms with Gasteiger partial charge < -0.3 is 10.4 Å². The first-order valence-corrected chi connectivity index (χ1v) is 13.7. The Bertz CT molecular complexity index is 1010. The van der Waals surface area contributed by atoms with Gasteiger partial charge in [0.2, 0.25) is 10.0 Å². The van der Waals surface area contributed by atoms with Crippen LogP contribution in [0.1, 0.15) is 69.0 Å². The molecule has 4 rings (SSSR count).